The molecule has 0 aromatic carbocycles. The van der Waals surface area contributed by atoms with E-state index in [1.165, 1.54) is 13.1 Å². The predicted octanol–water partition coefficient (Wildman–Crippen LogP) is 0.459. The Kier molecular flexibility index (Phi) is 2.58. The van der Waals surface area contributed by atoms with Crippen molar-refractivity contribution in [2.24, 2.45) is 0 Å². The van der Waals surface area contributed by atoms with Crippen LogP contribution in [0.25, 0.3) is 0 Å². The number of rotatable bonds is 3. The molecule has 0 aromatic rings. The molecule has 0 amide bonds. The Labute approximate surface area is 80.4 Å². The SMILES string of the molecule is CC1CN1CC[C@]1(C)CNCCO1. The van der Waals surface area contributed by atoms with E-state index in [2.05, 4.69) is 24.1 Å². The van der Waals surface area contributed by atoms with Gasteiger partial charge in [0.05, 0.1) is 12.2 Å². The van der Waals surface area contributed by atoms with Gasteiger partial charge in [-0.3, -0.25) is 4.90 Å². The largest absolute Gasteiger partial charge is 0.373 e. The highest BCUT2D eigenvalue weighted by Crippen LogP contribution is 2.22. The number of morpholine rings is 1. The van der Waals surface area contributed by atoms with Gasteiger partial charge in [0.2, 0.25) is 0 Å². The summed E-state index contributed by atoms with van der Waals surface area (Å²) in [5.74, 6) is 0. The molecule has 3 atom stereocenters. The monoisotopic (exact) mass is 184 g/mol. The first-order valence-corrected chi connectivity index (χ1v) is 5.28. The van der Waals surface area contributed by atoms with Gasteiger partial charge in [0.15, 0.2) is 0 Å². The second-order valence-corrected chi connectivity index (χ2v) is 4.57. The summed E-state index contributed by atoms with van der Waals surface area (Å²) < 4.78 is 5.79. The molecule has 2 aliphatic heterocycles. The zero-order valence-corrected chi connectivity index (χ0v) is 8.68. The van der Waals surface area contributed by atoms with Gasteiger partial charge in [-0.2, -0.15) is 0 Å². The molecule has 0 spiro atoms. The highest BCUT2D eigenvalue weighted by atomic mass is 16.5. The lowest BCUT2D eigenvalue weighted by atomic mass is 10.0. The van der Waals surface area contributed by atoms with Crippen LogP contribution in [0.3, 0.4) is 0 Å². The first-order valence-electron chi connectivity index (χ1n) is 5.28. The van der Waals surface area contributed by atoms with Crippen LogP contribution >= 0.6 is 0 Å². The molecule has 1 N–H and O–H groups in total. The third-order valence-corrected chi connectivity index (χ3v) is 3.14. The van der Waals surface area contributed by atoms with E-state index < -0.39 is 0 Å². The van der Waals surface area contributed by atoms with E-state index in [1.807, 2.05) is 0 Å². The summed E-state index contributed by atoms with van der Waals surface area (Å²) in [4.78, 5) is 2.49. The molecule has 13 heavy (non-hydrogen) atoms. The summed E-state index contributed by atoms with van der Waals surface area (Å²) >= 11 is 0. The van der Waals surface area contributed by atoms with Crippen molar-refractivity contribution in [1.29, 1.82) is 0 Å². The van der Waals surface area contributed by atoms with Crippen LogP contribution in [-0.2, 0) is 4.74 Å². The molecule has 0 saturated carbocycles. The van der Waals surface area contributed by atoms with Crippen LogP contribution in [-0.4, -0.2) is 49.3 Å². The minimum atomic E-state index is 0.0839. The van der Waals surface area contributed by atoms with Crippen molar-refractivity contribution in [3.63, 3.8) is 0 Å². The number of hydrogen-bond acceptors (Lipinski definition) is 3. The molecule has 2 heterocycles. The molecule has 76 valence electrons. The van der Waals surface area contributed by atoms with E-state index >= 15 is 0 Å². The Morgan fingerprint density at radius 2 is 2.38 bits per heavy atom. The average molecular weight is 184 g/mol. The minimum Gasteiger partial charge on any atom is -0.373 e. The Hall–Kier alpha value is -0.120. The number of hydrogen-bond donors (Lipinski definition) is 1. The molecule has 3 nitrogen and oxygen atoms in total. The molecular weight excluding hydrogens is 164 g/mol. The quantitative estimate of drug-likeness (QED) is 0.645. The second kappa shape index (κ2) is 3.56. The summed E-state index contributed by atoms with van der Waals surface area (Å²) in [5.41, 5.74) is 0.0839. The number of nitrogens with one attached hydrogen (secondary N) is 1. The lowest BCUT2D eigenvalue weighted by Gasteiger charge is -2.34. The Balaban J connectivity index is 1.72. The van der Waals surface area contributed by atoms with E-state index in [9.17, 15) is 0 Å². The maximum atomic E-state index is 5.79. The van der Waals surface area contributed by atoms with Crippen molar-refractivity contribution in [3.05, 3.63) is 0 Å². The lowest BCUT2D eigenvalue weighted by Crippen LogP contribution is -2.48. The lowest BCUT2D eigenvalue weighted by molar-refractivity contribution is -0.0591. The molecule has 0 aromatic heterocycles. The number of ether oxygens (including phenoxy) is 1. The number of nitrogens with zero attached hydrogens (tertiary/aromatic N) is 1. The topological polar surface area (TPSA) is 24.3 Å². The van der Waals surface area contributed by atoms with Crippen molar-refractivity contribution in [3.8, 4) is 0 Å². The maximum Gasteiger partial charge on any atom is 0.0791 e. The Morgan fingerprint density at radius 1 is 1.62 bits per heavy atom. The van der Waals surface area contributed by atoms with Crippen LogP contribution in [0.4, 0.5) is 0 Å². The molecule has 2 fully saturated rings. The average Bonchev–Trinajstić information content (AvgIpc) is 2.80. The Bertz CT molecular complexity index is 178. The highest BCUT2D eigenvalue weighted by molar-refractivity contribution is 4.89. The maximum absolute atomic E-state index is 5.79. The molecule has 3 heteroatoms. The molecule has 2 aliphatic rings. The molecule has 2 saturated heterocycles. The molecular formula is C10H20N2O. The minimum absolute atomic E-state index is 0.0839. The zero-order chi connectivity index (χ0) is 9.31. The van der Waals surface area contributed by atoms with Gasteiger partial charge in [0.25, 0.3) is 0 Å². The van der Waals surface area contributed by atoms with Gasteiger partial charge in [-0.1, -0.05) is 0 Å². The second-order valence-electron chi connectivity index (χ2n) is 4.57. The molecule has 2 rings (SSSR count). The molecule has 0 radical (unpaired) electrons. The first kappa shape index (κ1) is 9.44. The third kappa shape index (κ3) is 2.42. The van der Waals surface area contributed by atoms with Gasteiger partial charge in [0.1, 0.15) is 0 Å². The standard InChI is InChI=1S/C10H20N2O/c1-9-7-12(9)5-3-10(2)8-11-4-6-13-10/h9,11H,3-8H2,1-2H3/t9?,10-,12?/m1/s1. The van der Waals surface area contributed by atoms with Gasteiger partial charge in [-0.15, -0.1) is 0 Å². The van der Waals surface area contributed by atoms with Crippen molar-refractivity contribution < 1.29 is 4.74 Å². The predicted molar refractivity (Wildman–Crippen MR) is 52.9 cm³/mol. The fourth-order valence-electron chi connectivity index (χ4n) is 1.92. The normalized spacial score (nSPS) is 44.8. The summed E-state index contributed by atoms with van der Waals surface area (Å²) in [6.07, 6.45) is 1.16. The van der Waals surface area contributed by atoms with Crippen molar-refractivity contribution in [2.45, 2.75) is 31.9 Å². The summed E-state index contributed by atoms with van der Waals surface area (Å²) in [6, 6.07) is 0.820. The van der Waals surface area contributed by atoms with Crippen LogP contribution in [0.1, 0.15) is 20.3 Å². The fourth-order valence-corrected chi connectivity index (χ4v) is 1.92. The molecule has 0 aliphatic carbocycles. The van der Waals surface area contributed by atoms with Crippen molar-refractivity contribution >= 4 is 0 Å². The van der Waals surface area contributed by atoms with Crippen molar-refractivity contribution in [2.75, 3.05) is 32.8 Å². The van der Waals surface area contributed by atoms with Gasteiger partial charge in [-0.25, -0.2) is 0 Å². The van der Waals surface area contributed by atoms with Gasteiger partial charge in [-0.05, 0) is 20.3 Å². The zero-order valence-electron chi connectivity index (χ0n) is 8.68. The van der Waals surface area contributed by atoms with E-state index in [-0.39, 0.29) is 5.60 Å². The van der Waals surface area contributed by atoms with Crippen LogP contribution in [0.15, 0.2) is 0 Å². The van der Waals surface area contributed by atoms with Crippen LogP contribution < -0.4 is 5.32 Å². The van der Waals surface area contributed by atoms with Gasteiger partial charge < -0.3 is 10.1 Å². The fraction of sp³-hybridized carbons (Fsp3) is 1.00. The van der Waals surface area contributed by atoms with E-state index in [1.54, 1.807) is 0 Å². The van der Waals surface area contributed by atoms with E-state index in [0.717, 1.165) is 32.2 Å². The Morgan fingerprint density at radius 3 is 2.92 bits per heavy atom. The van der Waals surface area contributed by atoms with Crippen LogP contribution in [0.2, 0.25) is 0 Å². The summed E-state index contributed by atoms with van der Waals surface area (Å²) in [6.45, 7) is 9.86. The molecule has 2 unspecified atom stereocenters. The third-order valence-electron chi connectivity index (χ3n) is 3.14. The van der Waals surface area contributed by atoms with Crippen molar-refractivity contribution in [1.82, 2.24) is 10.2 Å². The molecule has 0 bridgehead atoms. The van der Waals surface area contributed by atoms with E-state index in [4.69, 9.17) is 4.74 Å². The van der Waals surface area contributed by atoms with Gasteiger partial charge >= 0.3 is 0 Å². The van der Waals surface area contributed by atoms with Crippen LogP contribution in [0.5, 0.6) is 0 Å². The van der Waals surface area contributed by atoms with Gasteiger partial charge in [0, 0.05) is 32.2 Å². The summed E-state index contributed by atoms with van der Waals surface area (Å²) in [7, 11) is 0. The van der Waals surface area contributed by atoms with Crippen LogP contribution in [0, 0.1) is 0 Å². The van der Waals surface area contributed by atoms with E-state index in [0.29, 0.717) is 0 Å². The highest BCUT2D eigenvalue weighted by Gasteiger charge is 2.33. The first-order chi connectivity index (χ1) is 6.20. The summed E-state index contributed by atoms with van der Waals surface area (Å²) in [5, 5.41) is 3.39. The smallest absolute Gasteiger partial charge is 0.0791 e.